The number of nitrogens with zero attached hydrogens (tertiary/aromatic N) is 3. The molecule has 1 fully saturated rings. The van der Waals surface area contributed by atoms with E-state index in [4.69, 9.17) is 5.26 Å². The number of imide groups is 1. The first kappa shape index (κ1) is 14.5. The van der Waals surface area contributed by atoms with Crippen molar-refractivity contribution < 1.29 is 14.5 Å². The lowest BCUT2D eigenvalue weighted by molar-refractivity contribution is -0.384. The van der Waals surface area contributed by atoms with Crippen LogP contribution in [0.5, 0.6) is 0 Å². The second-order valence-corrected chi connectivity index (χ2v) is 4.63. The molecule has 0 spiro atoms. The van der Waals surface area contributed by atoms with Crippen LogP contribution in [0.3, 0.4) is 0 Å². The molecule has 1 atom stereocenters. The molecule has 2 rings (SSSR count). The Hall–Kier alpha value is -2.95. The van der Waals surface area contributed by atoms with Gasteiger partial charge in [-0.2, -0.15) is 5.26 Å². The predicted octanol–water partition coefficient (Wildman–Crippen LogP) is 1.03. The van der Waals surface area contributed by atoms with Gasteiger partial charge >= 0.3 is 0 Å². The first-order valence-corrected chi connectivity index (χ1v) is 6.19. The van der Waals surface area contributed by atoms with Gasteiger partial charge in [0, 0.05) is 19.5 Å². The fourth-order valence-electron chi connectivity index (χ4n) is 2.12. The van der Waals surface area contributed by atoms with Crippen molar-refractivity contribution >= 4 is 23.2 Å². The molecule has 0 aliphatic carbocycles. The second-order valence-electron chi connectivity index (χ2n) is 4.63. The summed E-state index contributed by atoms with van der Waals surface area (Å²) in [5.74, 6) is -0.721. The fraction of sp³-hybridized carbons (Fsp3) is 0.308. The van der Waals surface area contributed by atoms with Crippen LogP contribution < -0.4 is 5.32 Å². The number of hydrogen-bond acceptors (Lipinski definition) is 6. The van der Waals surface area contributed by atoms with Gasteiger partial charge in [0.1, 0.15) is 11.7 Å². The zero-order valence-corrected chi connectivity index (χ0v) is 11.2. The number of nitrogens with one attached hydrogen (secondary N) is 1. The van der Waals surface area contributed by atoms with Gasteiger partial charge in [0.25, 0.3) is 11.6 Å². The average Bonchev–Trinajstić information content (AvgIpc) is 2.47. The van der Waals surface area contributed by atoms with Crippen LogP contribution in [0.4, 0.5) is 11.4 Å². The van der Waals surface area contributed by atoms with E-state index in [-0.39, 0.29) is 35.7 Å². The van der Waals surface area contributed by atoms with Gasteiger partial charge < -0.3 is 5.32 Å². The van der Waals surface area contributed by atoms with Crippen LogP contribution in [-0.4, -0.2) is 34.7 Å². The van der Waals surface area contributed by atoms with Crippen molar-refractivity contribution in [3.8, 4) is 6.07 Å². The van der Waals surface area contributed by atoms with Crippen molar-refractivity contribution in [1.29, 1.82) is 5.26 Å². The maximum absolute atomic E-state index is 12.0. The Balaban J connectivity index is 2.30. The van der Waals surface area contributed by atoms with Crippen molar-refractivity contribution in [3.05, 3.63) is 33.9 Å². The highest BCUT2D eigenvalue weighted by Crippen LogP contribution is 2.27. The van der Waals surface area contributed by atoms with Crippen LogP contribution in [0.25, 0.3) is 0 Å². The van der Waals surface area contributed by atoms with Crippen LogP contribution >= 0.6 is 0 Å². The molecule has 108 valence electrons. The van der Waals surface area contributed by atoms with E-state index in [0.29, 0.717) is 0 Å². The third-order valence-corrected chi connectivity index (χ3v) is 3.30. The lowest BCUT2D eigenvalue weighted by Gasteiger charge is -2.28. The number of rotatable bonds is 3. The van der Waals surface area contributed by atoms with Crippen molar-refractivity contribution in [1.82, 2.24) is 4.90 Å². The summed E-state index contributed by atoms with van der Waals surface area (Å²) in [6.45, 7) is 0. The third-order valence-electron chi connectivity index (χ3n) is 3.30. The summed E-state index contributed by atoms with van der Waals surface area (Å²) in [4.78, 5) is 34.8. The van der Waals surface area contributed by atoms with Crippen molar-refractivity contribution in [2.24, 2.45) is 0 Å². The summed E-state index contributed by atoms with van der Waals surface area (Å²) in [7, 11) is 1.37. The van der Waals surface area contributed by atoms with Crippen molar-refractivity contribution in [3.63, 3.8) is 0 Å². The van der Waals surface area contributed by atoms with Gasteiger partial charge in [0.2, 0.25) is 5.91 Å². The summed E-state index contributed by atoms with van der Waals surface area (Å²) >= 11 is 0. The molecule has 1 unspecified atom stereocenters. The molecule has 1 saturated heterocycles. The average molecular weight is 288 g/mol. The second kappa shape index (κ2) is 5.58. The Morgan fingerprint density at radius 3 is 2.81 bits per heavy atom. The quantitative estimate of drug-likeness (QED) is 0.504. The molecule has 1 N–H and O–H groups in total. The number of amides is 2. The number of anilines is 1. The highest BCUT2D eigenvalue weighted by molar-refractivity contribution is 6.01. The normalized spacial score (nSPS) is 18.3. The molecule has 0 aromatic heterocycles. The van der Waals surface area contributed by atoms with Gasteiger partial charge in [-0.15, -0.1) is 0 Å². The first-order chi connectivity index (χ1) is 9.93. The van der Waals surface area contributed by atoms with E-state index in [1.54, 1.807) is 0 Å². The maximum Gasteiger partial charge on any atom is 0.292 e. The number of hydrogen-bond donors (Lipinski definition) is 1. The molecule has 1 aromatic rings. The van der Waals surface area contributed by atoms with Crippen LogP contribution in [0.1, 0.15) is 18.4 Å². The summed E-state index contributed by atoms with van der Waals surface area (Å²) in [5.41, 5.74) is 0.122. The van der Waals surface area contributed by atoms with Gasteiger partial charge in [-0.05, 0) is 18.6 Å². The molecule has 1 aliphatic rings. The van der Waals surface area contributed by atoms with E-state index in [9.17, 15) is 19.7 Å². The van der Waals surface area contributed by atoms with Crippen LogP contribution in [0, 0.1) is 21.4 Å². The molecule has 0 radical (unpaired) electrons. The Labute approximate surface area is 120 Å². The Morgan fingerprint density at radius 2 is 2.19 bits per heavy atom. The first-order valence-electron chi connectivity index (χ1n) is 6.19. The largest absolute Gasteiger partial charge is 0.368 e. The van der Waals surface area contributed by atoms with E-state index in [0.717, 1.165) is 4.90 Å². The minimum Gasteiger partial charge on any atom is -0.368 e. The van der Waals surface area contributed by atoms with E-state index >= 15 is 0 Å². The van der Waals surface area contributed by atoms with Gasteiger partial charge in [-0.25, -0.2) is 0 Å². The number of carbonyl (C=O) groups excluding carboxylic acids is 2. The number of benzene rings is 1. The molecule has 8 heteroatoms. The molecule has 1 aromatic carbocycles. The van der Waals surface area contributed by atoms with Crippen molar-refractivity contribution in [2.75, 3.05) is 12.4 Å². The van der Waals surface area contributed by atoms with Gasteiger partial charge in [0.05, 0.1) is 16.6 Å². The van der Waals surface area contributed by atoms with Crippen LogP contribution in [0.2, 0.25) is 0 Å². The van der Waals surface area contributed by atoms with E-state index in [1.807, 2.05) is 6.07 Å². The lowest BCUT2D eigenvalue weighted by atomic mass is 10.0. The van der Waals surface area contributed by atoms with E-state index in [1.165, 1.54) is 25.2 Å². The molecule has 1 heterocycles. The van der Waals surface area contributed by atoms with Crippen LogP contribution in [-0.2, 0) is 9.59 Å². The van der Waals surface area contributed by atoms with Crippen molar-refractivity contribution in [2.45, 2.75) is 18.9 Å². The molecular formula is C13H12N4O4. The Kier molecular flexibility index (Phi) is 3.84. The number of nitro groups is 1. The number of carbonyl (C=O) groups is 2. The molecule has 0 bridgehead atoms. The standard InChI is InChI=1S/C13H12N4O4/c1-16-12(18)5-3-9(13(16)19)15-10-6-8(7-14)2-4-11(10)17(20)21/h2,4,6,9,15H,3,5H2,1H3. The maximum atomic E-state index is 12.0. The molecular weight excluding hydrogens is 276 g/mol. The van der Waals surface area contributed by atoms with E-state index < -0.39 is 16.9 Å². The third kappa shape index (κ3) is 2.81. The number of likely N-dealkylation sites (tertiary alicyclic amines) is 1. The highest BCUT2D eigenvalue weighted by Gasteiger charge is 2.32. The predicted molar refractivity (Wildman–Crippen MR) is 72.2 cm³/mol. The fourth-order valence-corrected chi connectivity index (χ4v) is 2.12. The zero-order valence-electron chi connectivity index (χ0n) is 11.2. The number of likely N-dealkylation sites (N-methyl/N-ethyl adjacent to an activating group) is 1. The number of piperidine rings is 1. The number of nitriles is 1. The summed E-state index contributed by atoms with van der Waals surface area (Å²) in [6.07, 6.45) is 0.446. The Bertz CT molecular complexity index is 665. The van der Waals surface area contributed by atoms with E-state index in [2.05, 4.69) is 5.32 Å². The number of nitro benzene ring substituents is 1. The lowest BCUT2D eigenvalue weighted by Crippen LogP contribution is -2.48. The summed E-state index contributed by atoms with van der Waals surface area (Å²) in [5, 5.41) is 22.6. The smallest absolute Gasteiger partial charge is 0.292 e. The molecule has 2 amide bonds. The van der Waals surface area contributed by atoms with Gasteiger partial charge in [-0.1, -0.05) is 0 Å². The molecule has 8 nitrogen and oxygen atoms in total. The monoisotopic (exact) mass is 288 g/mol. The molecule has 21 heavy (non-hydrogen) atoms. The van der Waals surface area contributed by atoms with Crippen LogP contribution in [0.15, 0.2) is 18.2 Å². The minimum absolute atomic E-state index is 0.0974. The highest BCUT2D eigenvalue weighted by atomic mass is 16.6. The van der Waals surface area contributed by atoms with Gasteiger partial charge in [-0.3, -0.25) is 24.6 Å². The minimum atomic E-state index is -0.722. The zero-order chi connectivity index (χ0) is 15.6. The SMILES string of the molecule is CN1C(=O)CCC(Nc2cc(C#N)ccc2[N+](=O)[O-])C1=O. The molecule has 1 aliphatic heterocycles. The topological polar surface area (TPSA) is 116 Å². The van der Waals surface area contributed by atoms with Gasteiger partial charge in [0.15, 0.2) is 0 Å². The Morgan fingerprint density at radius 1 is 1.48 bits per heavy atom. The molecule has 0 saturated carbocycles. The summed E-state index contributed by atoms with van der Waals surface area (Å²) < 4.78 is 0. The summed E-state index contributed by atoms with van der Waals surface area (Å²) in [6, 6.07) is 5.03.